The first-order valence-corrected chi connectivity index (χ1v) is 9.85. The second-order valence-electron chi connectivity index (χ2n) is 6.48. The van der Waals surface area contributed by atoms with E-state index in [4.69, 9.17) is 35.6 Å². The van der Waals surface area contributed by atoms with Crippen LogP contribution in [0.15, 0.2) is 41.3 Å². The number of hydrogen-bond acceptors (Lipinski definition) is 7. The van der Waals surface area contributed by atoms with Crippen molar-refractivity contribution in [3.8, 4) is 22.6 Å². The smallest absolute Gasteiger partial charge is 0.300 e. The minimum Gasteiger partial charge on any atom is -0.497 e. The van der Waals surface area contributed by atoms with Gasteiger partial charge in [0.2, 0.25) is 0 Å². The molecule has 2 aromatic rings. The van der Waals surface area contributed by atoms with E-state index in [2.05, 4.69) is 10.6 Å². The highest BCUT2D eigenvalue weighted by atomic mass is 32.2. The Balaban J connectivity index is 0.000000628. The zero-order chi connectivity index (χ0) is 22.7. The van der Waals surface area contributed by atoms with E-state index in [1.54, 1.807) is 14.2 Å². The minimum absolute atomic E-state index is 0.164. The molecular weight excluding hydrogens is 418 g/mol. The molecule has 31 heavy (non-hydrogen) atoms. The van der Waals surface area contributed by atoms with Crippen LogP contribution in [0.4, 0.5) is 0 Å². The molecule has 10 heteroatoms. The Labute approximate surface area is 183 Å². The van der Waals surface area contributed by atoms with Crippen LogP contribution >= 0.6 is 11.8 Å². The first-order chi connectivity index (χ1) is 14.7. The van der Waals surface area contributed by atoms with E-state index in [0.29, 0.717) is 10.6 Å². The molecule has 2 aliphatic heterocycles. The molecule has 0 bridgehead atoms. The van der Waals surface area contributed by atoms with Crippen LogP contribution in [-0.2, 0) is 4.79 Å². The Kier molecular flexibility index (Phi) is 6.30. The predicted octanol–water partition coefficient (Wildman–Crippen LogP) is 3.31. The summed E-state index contributed by atoms with van der Waals surface area (Å²) in [6.45, 7) is 1.08. The molecule has 0 spiro atoms. The summed E-state index contributed by atoms with van der Waals surface area (Å²) < 4.78 is 10.8. The quantitative estimate of drug-likeness (QED) is 0.429. The zero-order valence-corrected chi connectivity index (χ0v) is 17.9. The third kappa shape index (κ3) is 4.53. The average Bonchev–Trinajstić information content (AvgIpc) is 3.24. The molecule has 1 fully saturated rings. The van der Waals surface area contributed by atoms with Crippen LogP contribution in [0, 0.1) is 16.2 Å². The molecule has 2 aliphatic rings. The summed E-state index contributed by atoms with van der Waals surface area (Å²) in [5, 5.41) is 37.4. The summed E-state index contributed by atoms with van der Waals surface area (Å²) in [5.74, 6) is 1.06. The Morgan fingerprint density at radius 3 is 2.23 bits per heavy atom. The van der Waals surface area contributed by atoms with E-state index >= 15 is 0 Å². The molecule has 0 amide bonds. The monoisotopic (exact) mass is 439 g/mol. The fraction of sp³-hybridized carbons (Fsp3) is 0.143. The molecule has 0 unspecified atom stereocenters. The van der Waals surface area contributed by atoms with E-state index in [0.717, 1.165) is 40.7 Å². The highest BCUT2D eigenvalue weighted by molar-refractivity contribution is 8.18. The average molecular weight is 439 g/mol. The largest absolute Gasteiger partial charge is 0.497 e. The van der Waals surface area contributed by atoms with Crippen molar-refractivity contribution >= 4 is 40.3 Å². The number of benzene rings is 2. The summed E-state index contributed by atoms with van der Waals surface area (Å²) in [4.78, 5) is 9.61. The summed E-state index contributed by atoms with van der Waals surface area (Å²) >= 11 is 1.18. The fourth-order valence-electron chi connectivity index (χ4n) is 3.14. The summed E-state index contributed by atoms with van der Waals surface area (Å²) in [7, 11) is 3.24. The van der Waals surface area contributed by atoms with Crippen molar-refractivity contribution in [1.82, 2.24) is 10.6 Å². The normalized spacial score (nSPS) is 16.7. The third-order valence-corrected chi connectivity index (χ3v) is 5.34. The molecular formula is C21H21N5O4S. The number of amidine groups is 3. The highest BCUT2D eigenvalue weighted by Gasteiger charge is 2.30. The Morgan fingerprint density at radius 1 is 0.935 bits per heavy atom. The lowest BCUT2D eigenvalue weighted by Crippen LogP contribution is -2.20. The maximum atomic E-state index is 9.00. The topological polar surface area (TPSA) is 151 Å². The molecule has 0 atom stereocenters. The molecule has 4 rings (SSSR count). The number of ether oxygens (including phenoxy) is 2. The van der Waals surface area contributed by atoms with Crippen molar-refractivity contribution in [3.05, 3.63) is 52.4 Å². The SMILES string of the molecule is CC(=O)O.COc1ccc(OC)c(-c2ccc3c(c2)C(=C2SC(=N)NC2=N)NC3=N)c1. The van der Waals surface area contributed by atoms with E-state index in [-0.39, 0.29) is 16.8 Å². The molecule has 0 aliphatic carbocycles. The molecule has 2 aromatic carbocycles. The van der Waals surface area contributed by atoms with Gasteiger partial charge < -0.3 is 25.2 Å². The maximum absolute atomic E-state index is 9.00. The number of methoxy groups -OCH3 is 2. The van der Waals surface area contributed by atoms with Crippen LogP contribution in [0.2, 0.25) is 0 Å². The number of aliphatic carboxylic acids is 1. The Hall–Kier alpha value is -3.79. The van der Waals surface area contributed by atoms with Gasteiger partial charge in [-0.3, -0.25) is 21.0 Å². The van der Waals surface area contributed by atoms with Crippen LogP contribution in [0.3, 0.4) is 0 Å². The molecule has 0 radical (unpaired) electrons. The van der Waals surface area contributed by atoms with Gasteiger partial charge in [-0.25, -0.2) is 0 Å². The maximum Gasteiger partial charge on any atom is 0.300 e. The van der Waals surface area contributed by atoms with Crippen molar-refractivity contribution in [1.29, 1.82) is 16.2 Å². The van der Waals surface area contributed by atoms with Gasteiger partial charge in [-0.1, -0.05) is 6.07 Å². The van der Waals surface area contributed by atoms with Crippen LogP contribution in [0.1, 0.15) is 18.1 Å². The van der Waals surface area contributed by atoms with Gasteiger partial charge >= 0.3 is 0 Å². The predicted molar refractivity (Wildman–Crippen MR) is 121 cm³/mol. The van der Waals surface area contributed by atoms with E-state index in [9.17, 15) is 0 Å². The van der Waals surface area contributed by atoms with Gasteiger partial charge in [-0.2, -0.15) is 0 Å². The number of carboxylic acid groups (broad SMARTS) is 1. The number of carboxylic acids is 1. The molecule has 9 nitrogen and oxygen atoms in total. The minimum atomic E-state index is -0.833. The van der Waals surface area contributed by atoms with Gasteiger partial charge in [0.05, 0.1) is 24.8 Å². The molecule has 6 N–H and O–H groups in total. The molecule has 2 heterocycles. The van der Waals surface area contributed by atoms with Gasteiger partial charge in [-0.05, 0) is 47.7 Å². The van der Waals surface area contributed by atoms with Crippen molar-refractivity contribution in [2.45, 2.75) is 6.92 Å². The van der Waals surface area contributed by atoms with Gasteiger partial charge in [0.15, 0.2) is 5.17 Å². The lowest BCUT2D eigenvalue weighted by molar-refractivity contribution is -0.134. The fourth-order valence-corrected chi connectivity index (χ4v) is 3.91. The summed E-state index contributed by atoms with van der Waals surface area (Å²) in [6.07, 6.45) is 0. The Bertz CT molecular complexity index is 1140. The zero-order valence-electron chi connectivity index (χ0n) is 17.0. The first-order valence-electron chi connectivity index (χ1n) is 9.04. The van der Waals surface area contributed by atoms with Crippen LogP contribution in [0.25, 0.3) is 16.8 Å². The van der Waals surface area contributed by atoms with Crippen LogP contribution in [-0.4, -0.2) is 42.1 Å². The molecule has 0 saturated carbocycles. The van der Waals surface area contributed by atoms with Gasteiger partial charge in [0.25, 0.3) is 5.97 Å². The Morgan fingerprint density at radius 2 is 1.65 bits per heavy atom. The van der Waals surface area contributed by atoms with E-state index in [1.165, 1.54) is 11.8 Å². The third-order valence-electron chi connectivity index (χ3n) is 4.42. The van der Waals surface area contributed by atoms with Gasteiger partial charge in [-0.15, -0.1) is 0 Å². The number of carbonyl (C=O) groups is 1. The van der Waals surface area contributed by atoms with Crippen LogP contribution in [0.5, 0.6) is 11.5 Å². The van der Waals surface area contributed by atoms with Crippen molar-refractivity contribution in [2.24, 2.45) is 0 Å². The number of hydrogen-bond donors (Lipinski definition) is 6. The van der Waals surface area contributed by atoms with Crippen LogP contribution < -0.4 is 20.1 Å². The molecule has 160 valence electrons. The molecule has 0 aromatic heterocycles. The second kappa shape index (κ2) is 8.92. The summed E-state index contributed by atoms with van der Waals surface area (Å²) in [5.41, 5.74) is 4.05. The highest BCUT2D eigenvalue weighted by Crippen LogP contribution is 2.39. The first kappa shape index (κ1) is 21.9. The standard InChI is InChI=1S/C19H17N5O2S.C2H4O2/c1-25-10-4-6-14(26-2)12(8-10)9-3-5-11-13(7-9)15(23-17(11)20)16-18(21)24-19(22)27-16;1-2(3)4/h3-8H,1-2H3,(H2,20,23)(H3,21,22,24);1H3,(H,3,4). The lowest BCUT2D eigenvalue weighted by Gasteiger charge is -2.12. The number of thioether (sulfide) groups is 1. The molecule has 1 saturated heterocycles. The lowest BCUT2D eigenvalue weighted by atomic mass is 9.98. The number of rotatable bonds is 3. The van der Waals surface area contributed by atoms with E-state index in [1.807, 2.05) is 36.4 Å². The van der Waals surface area contributed by atoms with Gasteiger partial charge in [0, 0.05) is 23.6 Å². The van der Waals surface area contributed by atoms with Crippen molar-refractivity contribution in [2.75, 3.05) is 14.2 Å². The second-order valence-corrected chi connectivity index (χ2v) is 7.50. The van der Waals surface area contributed by atoms with Crippen molar-refractivity contribution in [3.63, 3.8) is 0 Å². The summed E-state index contributed by atoms with van der Waals surface area (Å²) in [6, 6.07) is 11.4. The van der Waals surface area contributed by atoms with E-state index < -0.39 is 5.97 Å². The number of fused-ring (bicyclic) bond motifs is 1. The number of nitrogens with one attached hydrogen (secondary N) is 5. The van der Waals surface area contributed by atoms with Crippen molar-refractivity contribution < 1.29 is 19.4 Å². The van der Waals surface area contributed by atoms with Gasteiger partial charge in [0.1, 0.15) is 23.2 Å².